The van der Waals surface area contributed by atoms with Crippen LogP contribution in [0.2, 0.25) is 5.02 Å². The summed E-state index contributed by atoms with van der Waals surface area (Å²) in [5, 5.41) is 3.71. The molecule has 5 heteroatoms. The van der Waals surface area contributed by atoms with Gasteiger partial charge >= 0.3 is 0 Å². The molecule has 110 valence electrons. The maximum absolute atomic E-state index is 11.3. The van der Waals surface area contributed by atoms with E-state index in [-0.39, 0.29) is 6.04 Å². The summed E-state index contributed by atoms with van der Waals surface area (Å²) in [6, 6.07) is 13.7. The van der Waals surface area contributed by atoms with Gasteiger partial charge in [-0.25, -0.2) is 0 Å². The highest BCUT2D eigenvalue weighted by Crippen LogP contribution is 2.25. The smallest absolute Gasteiger partial charge is 0.250 e. The summed E-state index contributed by atoms with van der Waals surface area (Å²) in [4.78, 5) is 12.5. The lowest BCUT2D eigenvalue weighted by atomic mass is 10.1. The standard InChI is InChI=1S/C16H17ClN2OS/c1-10(11-3-6-13(21-2)7-4-11)19-12-5-8-15(17)14(9-12)16(18)20/h3-10,19H,1-2H3,(H2,18,20). The van der Waals surface area contributed by atoms with Crippen LogP contribution in [-0.2, 0) is 0 Å². The van der Waals surface area contributed by atoms with Gasteiger partial charge in [0.2, 0.25) is 5.91 Å². The molecule has 3 nitrogen and oxygen atoms in total. The summed E-state index contributed by atoms with van der Waals surface area (Å²) in [6.45, 7) is 2.06. The molecule has 0 spiro atoms. The van der Waals surface area contributed by atoms with Crippen molar-refractivity contribution in [2.24, 2.45) is 5.73 Å². The number of halogens is 1. The van der Waals surface area contributed by atoms with Crippen LogP contribution in [0, 0.1) is 0 Å². The summed E-state index contributed by atoms with van der Waals surface area (Å²) in [6.07, 6.45) is 2.05. The monoisotopic (exact) mass is 320 g/mol. The lowest BCUT2D eigenvalue weighted by Crippen LogP contribution is -2.13. The first-order valence-electron chi connectivity index (χ1n) is 6.51. The Morgan fingerprint density at radius 3 is 2.48 bits per heavy atom. The van der Waals surface area contributed by atoms with Gasteiger partial charge in [-0.3, -0.25) is 4.79 Å². The number of hydrogen-bond acceptors (Lipinski definition) is 3. The molecular weight excluding hydrogens is 304 g/mol. The molecule has 2 aromatic carbocycles. The zero-order valence-corrected chi connectivity index (χ0v) is 13.5. The number of nitrogens with one attached hydrogen (secondary N) is 1. The molecule has 1 amide bonds. The Kier molecular flexibility index (Phi) is 5.15. The van der Waals surface area contributed by atoms with Gasteiger partial charge in [0.25, 0.3) is 0 Å². The largest absolute Gasteiger partial charge is 0.379 e. The molecule has 0 saturated carbocycles. The van der Waals surface area contributed by atoms with Crippen LogP contribution in [0.3, 0.4) is 0 Å². The summed E-state index contributed by atoms with van der Waals surface area (Å²) < 4.78 is 0. The second kappa shape index (κ2) is 6.87. The highest BCUT2D eigenvalue weighted by Gasteiger charge is 2.10. The van der Waals surface area contributed by atoms with Crippen molar-refractivity contribution in [2.45, 2.75) is 17.9 Å². The number of anilines is 1. The molecule has 0 aliphatic carbocycles. The van der Waals surface area contributed by atoms with Crippen molar-refractivity contribution in [3.8, 4) is 0 Å². The minimum Gasteiger partial charge on any atom is -0.379 e. The van der Waals surface area contributed by atoms with Crippen LogP contribution in [0.1, 0.15) is 28.9 Å². The van der Waals surface area contributed by atoms with Crippen LogP contribution in [0.15, 0.2) is 47.4 Å². The highest BCUT2D eigenvalue weighted by molar-refractivity contribution is 7.98. The number of benzene rings is 2. The molecule has 1 atom stereocenters. The van der Waals surface area contributed by atoms with Gasteiger partial charge in [-0.2, -0.15) is 0 Å². The van der Waals surface area contributed by atoms with Gasteiger partial charge in [-0.15, -0.1) is 11.8 Å². The van der Waals surface area contributed by atoms with Crippen molar-refractivity contribution in [3.63, 3.8) is 0 Å². The van der Waals surface area contributed by atoms with E-state index in [0.29, 0.717) is 10.6 Å². The number of hydrogen-bond donors (Lipinski definition) is 2. The van der Waals surface area contributed by atoms with Crippen LogP contribution in [-0.4, -0.2) is 12.2 Å². The zero-order valence-electron chi connectivity index (χ0n) is 11.9. The molecule has 2 rings (SSSR count). The van der Waals surface area contributed by atoms with E-state index in [1.165, 1.54) is 10.5 Å². The maximum atomic E-state index is 11.3. The number of carbonyl (C=O) groups is 1. The Morgan fingerprint density at radius 2 is 1.90 bits per heavy atom. The predicted molar refractivity (Wildman–Crippen MR) is 90.2 cm³/mol. The van der Waals surface area contributed by atoms with Gasteiger partial charge in [0, 0.05) is 16.6 Å². The van der Waals surface area contributed by atoms with Gasteiger partial charge < -0.3 is 11.1 Å². The molecule has 0 aliphatic heterocycles. The summed E-state index contributed by atoms with van der Waals surface area (Å²) in [7, 11) is 0. The van der Waals surface area contributed by atoms with Crippen molar-refractivity contribution in [1.82, 2.24) is 0 Å². The van der Waals surface area contributed by atoms with E-state index >= 15 is 0 Å². The third-order valence-electron chi connectivity index (χ3n) is 3.23. The molecule has 1 unspecified atom stereocenters. The van der Waals surface area contributed by atoms with E-state index in [9.17, 15) is 4.79 Å². The number of amides is 1. The van der Waals surface area contributed by atoms with Crippen molar-refractivity contribution in [3.05, 3.63) is 58.6 Å². The van der Waals surface area contributed by atoms with Crippen LogP contribution < -0.4 is 11.1 Å². The Balaban J connectivity index is 2.16. The lowest BCUT2D eigenvalue weighted by molar-refractivity contribution is 0.100. The molecule has 0 heterocycles. The molecule has 0 aromatic heterocycles. The van der Waals surface area contributed by atoms with Crippen molar-refractivity contribution >= 4 is 35.0 Å². The Bertz CT molecular complexity index is 643. The van der Waals surface area contributed by atoms with E-state index in [2.05, 4.69) is 42.8 Å². The van der Waals surface area contributed by atoms with Crippen LogP contribution in [0.5, 0.6) is 0 Å². The van der Waals surface area contributed by atoms with Crippen molar-refractivity contribution in [2.75, 3.05) is 11.6 Å². The van der Waals surface area contributed by atoms with Gasteiger partial charge in [-0.1, -0.05) is 23.7 Å². The summed E-state index contributed by atoms with van der Waals surface area (Å²) >= 11 is 7.66. The molecule has 3 N–H and O–H groups in total. The fourth-order valence-electron chi connectivity index (χ4n) is 2.03. The Labute approximate surface area is 133 Å². The van der Waals surface area contributed by atoms with E-state index in [0.717, 1.165) is 5.69 Å². The van der Waals surface area contributed by atoms with Crippen LogP contribution in [0.4, 0.5) is 5.69 Å². The van der Waals surface area contributed by atoms with E-state index in [4.69, 9.17) is 17.3 Å². The van der Waals surface area contributed by atoms with E-state index < -0.39 is 5.91 Å². The van der Waals surface area contributed by atoms with Gasteiger partial charge in [0.05, 0.1) is 10.6 Å². The van der Waals surface area contributed by atoms with Gasteiger partial charge in [-0.05, 0) is 49.1 Å². The summed E-state index contributed by atoms with van der Waals surface area (Å²) in [5.41, 5.74) is 7.61. The van der Waals surface area contributed by atoms with E-state index in [1.54, 1.807) is 23.9 Å². The van der Waals surface area contributed by atoms with Crippen molar-refractivity contribution < 1.29 is 4.79 Å². The van der Waals surface area contributed by atoms with Crippen LogP contribution >= 0.6 is 23.4 Å². The third kappa shape index (κ3) is 3.93. The fourth-order valence-corrected chi connectivity index (χ4v) is 2.65. The second-order valence-corrected chi connectivity index (χ2v) is 5.98. The van der Waals surface area contributed by atoms with E-state index in [1.807, 2.05) is 6.07 Å². The molecular formula is C16H17ClN2OS. The number of carbonyl (C=O) groups excluding carboxylic acids is 1. The Morgan fingerprint density at radius 1 is 1.24 bits per heavy atom. The molecule has 21 heavy (non-hydrogen) atoms. The minimum absolute atomic E-state index is 0.114. The normalized spacial score (nSPS) is 12.0. The third-order valence-corrected chi connectivity index (χ3v) is 4.30. The van der Waals surface area contributed by atoms with Gasteiger partial charge in [0.15, 0.2) is 0 Å². The lowest BCUT2D eigenvalue weighted by Gasteiger charge is -2.17. The Hall–Kier alpha value is -1.65. The number of primary amides is 1. The average molecular weight is 321 g/mol. The molecule has 0 bridgehead atoms. The van der Waals surface area contributed by atoms with Crippen LogP contribution in [0.25, 0.3) is 0 Å². The maximum Gasteiger partial charge on any atom is 0.250 e. The molecule has 2 aromatic rings. The predicted octanol–water partition coefficient (Wildman–Crippen LogP) is 4.33. The minimum atomic E-state index is -0.527. The SMILES string of the molecule is CSc1ccc(C(C)Nc2ccc(Cl)c(C(N)=O)c2)cc1. The molecule has 0 radical (unpaired) electrons. The molecule has 0 fully saturated rings. The van der Waals surface area contributed by atoms with Crippen molar-refractivity contribution in [1.29, 1.82) is 0 Å². The highest BCUT2D eigenvalue weighted by atomic mass is 35.5. The fraction of sp³-hybridized carbons (Fsp3) is 0.188. The number of nitrogens with two attached hydrogens (primary N) is 1. The first-order valence-corrected chi connectivity index (χ1v) is 8.11. The number of rotatable bonds is 5. The first-order chi connectivity index (χ1) is 10.0. The summed E-state index contributed by atoms with van der Waals surface area (Å²) in [5.74, 6) is -0.527. The zero-order chi connectivity index (χ0) is 15.4. The average Bonchev–Trinajstić information content (AvgIpc) is 2.49. The molecule has 0 saturated heterocycles. The first kappa shape index (κ1) is 15.7. The van der Waals surface area contributed by atoms with Gasteiger partial charge in [0.1, 0.15) is 0 Å². The number of thioether (sulfide) groups is 1. The topological polar surface area (TPSA) is 55.1 Å². The molecule has 0 aliphatic rings. The second-order valence-electron chi connectivity index (χ2n) is 4.70. The quantitative estimate of drug-likeness (QED) is 0.806.